The van der Waals surface area contributed by atoms with Crippen LogP contribution in [0, 0.1) is 0 Å². The largest absolute Gasteiger partial charge is 0.382 e. The third-order valence-electron chi connectivity index (χ3n) is 2.27. The summed E-state index contributed by atoms with van der Waals surface area (Å²) in [6.07, 6.45) is 2.62. The summed E-state index contributed by atoms with van der Waals surface area (Å²) in [6.45, 7) is 4.65. The number of hydrogen-bond donors (Lipinski definition) is 2. The molecule has 0 amide bonds. The van der Waals surface area contributed by atoms with Crippen LogP contribution >= 0.6 is 11.5 Å². The molecular weight excluding hydrogens is 258 g/mol. The van der Waals surface area contributed by atoms with E-state index in [1.54, 1.807) is 0 Å². The van der Waals surface area contributed by atoms with Crippen molar-refractivity contribution in [2.45, 2.75) is 38.0 Å². The van der Waals surface area contributed by atoms with E-state index >= 15 is 0 Å². The summed E-state index contributed by atoms with van der Waals surface area (Å²) >= 11 is 1.11. The molecule has 0 fully saturated rings. The lowest BCUT2D eigenvalue weighted by Gasteiger charge is -2.06. The Balaban J connectivity index is 2.94. The predicted molar refractivity (Wildman–Crippen MR) is 72.3 cm³/mol. The zero-order valence-corrected chi connectivity index (χ0v) is 11.8. The molecule has 0 saturated heterocycles. The van der Waals surface area contributed by atoms with Gasteiger partial charge in [-0.15, -0.1) is 0 Å². The van der Waals surface area contributed by atoms with Crippen molar-refractivity contribution in [3.63, 3.8) is 0 Å². The first-order valence-corrected chi connectivity index (χ1v) is 8.17. The standard InChI is InChI=1S/C10H19N3O2S2/c1-3-5-6-12-10-8(9(11)13-16-10)17(14,15)7-4-2/h12H,3-7H2,1-2H3,(H2,11,13). The molecule has 0 bridgehead atoms. The number of hydrogen-bond acceptors (Lipinski definition) is 6. The Morgan fingerprint density at radius 3 is 2.65 bits per heavy atom. The van der Waals surface area contributed by atoms with Gasteiger partial charge in [0.15, 0.2) is 15.7 Å². The molecule has 0 aliphatic rings. The van der Waals surface area contributed by atoms with Crippen LogP contribution < -0.4 is 11.1 Å². The number of nitrogens with zero attached hydrogens (tertiary/aromatic N) is 1. The molecular formula is C10H19N3O2S2. The van der Waals surface area contributed by atoms with E-state index in [1.165, 1.54) is 0 Å². The average Bonchev–Trinajstić information content (AvgIpc) is 2.61. The predicted octanol–water partition coefficient (Wildman–Crippen LogP) is 2.12. The molecule has 98 valence electrons. The molecule has 5 nitrogen and oxygen atoms in total. The van der Waals surface area contributed by atoms with E-state index < -0.39 is 9.84 Å². The van der Waals surface area contributed by atoms with Gasteiger partial charge in [-0.3, -0.25) is 0 Å². The monoisotopic (exact) mass is 277 g/mol. The molecule has 1 aromatic rings. The normalized spacial score (nSPS) is 11.6. The highest BCUT2D eigenvalue weighted by Crippen LogP contribution is 2.32. The summed E-state index contributed by atoms with van der Waals surface area (Å²) in [5.41, 5.74) is 5.64. The fourth-order valence-electron chi connectivity index (χ4n) is 1.46. The van der Waals surface area contributed by atoms with E-state index in [-0.39, 0.29) is 16.5 Å². The molecule has 7 heteroatoms. The second-order valence-corrected chi connectivity index (χ2v) is 6.64. The Kier molecular flexibility index (Phi) is 5.20. The third kappa shape index (κ3) is 3.57. The fourth-order valence-corrected chi connectivity index (χ4v) is 4.10. The highest BCUT2D eigenvalue weighted by Gasteiger charge is 2.24. The van der Waals surface area contributed by atoms with Gasteiger partial charge in [-0.1, -0.05) is 20.3 Å². The van der Waals surface area contributed by atoms with E-state index in [0.717, 1.165) is 30.9 Å². The van der Waals surface area contributed by atoms with Gasteiger partial charge in [0.2, 0.25) is 0 Å². The van der Waals surface area contributed by atoms with Gasteiger partial charge in [0, 0.05) is 6.54 Å². The molecule has 0 radical (unpaired) electrons. The third-order valence-corrected chi connectivity index (χ3v) is 5.20. The highest BCUT2D eigenvalue weighted by atomic mass is 32.2. The number of rotatable bonds is 7. The Labute approximate surface area is 107 Å². The molecule has 0 atom stereocenters. The maximum Gasteiger partial charge on any atom is 0.185 e. The minimum absolute atomic E-state index is 0.109. The lowest BCUT2D eigenvalue weighted by Crippen LogP contribution is -2.11. The minimum Gasteiger partial charge on any atom is -0.382 e. The average molecular weight is 277 g/mol. The van der Waals surface area contributed by atoms with Gasteiger partial charge in [0.25, 0.3) is 0 Å². The smallest absolute Gasteiger partial charge is 0.185 e. The molecule has 0 unspecified atom stereocenters. The van der Waals surface area contributed by atoms with Crippen LogP contribution in [0.1, 0.15) is 33.1 Å². The lowest BCUT2D eigenvalue weighted by atomic mass is 10.3. The van der Waals surface area contributed by atoms with Gasteiger partial charge in [-0.25, -0.2) is 8.42 Å². The number of aromatic nitrogens is 1. The van der Waals surface area contributed by atoms with Crippen LogP contribution in [0.15, 0.2) is 4.90 Å². The van der Waals surface area contributed by atoms with Gasteiger partial charge in [-0.05, 0) is 24.4 Å². The van der Waals surface area contributed by atoms with Crippen molar-refractivity contribution in [1.29, 1.82) is 0 Å². The van der Waals surface area contributed by atoms with Crippen LogP contribution in [0.25, 0.3) is 0 Å². The number of nitrogens with one attached hydrogen (secondary N) is 1. The molecule has 17 heavy (non-hydrogen) atoms. The maximum absolute atomic E-state index is 12.0. The first kappa shape index (κ1) is 14.2. The molecule has 1 aromatic heterocycles. The first-order chi connectivity index (χ1) is 8.03. The van der Waals surface area contributed by atoms with E-state index in [4.69, 9.17) is 5.73 Å². The zero-order chi connectivity index (χ0) is 12.9. The van der Waals surface area contributed by atoms with Crippen LogP contribution in [0.5, 0.6) is 0 Å². The van der Waals surface area contributed by atoms with Gasteiger partial charge in [0.1, 0.15) is 9.90 Å². The number of nitrogens with two attached hydrogens (primary N) is 1. The Morgan fingerprint density at radius 1 is 1.35 bits per heavy atom. The SMILES string of the molecule is CCCCNc1snc(N)c1S(=O)(=O)CCC. The molecule has 1 heterocycles. The summed E-state index contributed by atoms with van der Waals surface area (Å²) in [5.74, 6) is 0.223. The summed E-state index contributed by atoms with van der Waals surface area (Å²) in [7, 11) is -3.31. The fraction of sp³-hybridized carbons (Fsp3) is 0.700. The Bertz CT molecular complexity index is 454. The second-order valence-electron chi connectivity index (χ2n) is 3.83. The zero-order valence-electron chi connectivity index (χ0n) is 10.2. The topological polar surface area (TPSA) is 85.1 Å². The molecule has 0 aromatic carbocycles. The van der Waals surface area contributed by atoms with Crippen molar-refractivity contribution >= 4 is 32.2 Å². The number of anilines is 2. The molecule has 3 N–H and O–H groups in total. The molecule has 0 aliphatic carbocycles. The van der Waals surface area contributed by atoms with Crippen molar-refractivity contribution < 1.29 is 8.42 Å². The van der Waals surface area contributed by atoms with Crippen molar-refractivity contribution in [2.24, 2.45) is 0 Å². The Morgan fingerprint density at radius 2 is 2.06 bits per heavy atom. The minimum atomic E-state index is -3.31. The second kappa shape index (κ2) is 6.20. The molecule has 0 saturated carbocycles. The number of nitrogen functional groups attached to an aromatic ring is 1. The van der Waals surface area contributed by atoms with E-state index in [2.05, 4.69) is 16.6 Å². The summed E-state index contributed by atoms with van der Waals surface area (Å²) in [4.78, 5) is 0.181. The lowest BCUT2D eigenvalue weighted by molar-refractivity contribution is 0.595. The quantitative estimate of drug-likeness (QED) is 0.746. The molecule has 0 spiro atoms. The van der Waals surface area contributed by atoms with Gasteiger partial charge >= 0.3 is 0 Å². The van der Waals surface area contributed by atoms with Crippen LogP contribution in [0.2, 0.25) is 0 Å². The molecule has 1 rings (SSSR count). The number of unbranched alkanes of at least 4 members (excludes halogenated alkanes) is 1. The Hall–Kier alpha value is -0.820. The summed E-state index contributed by atoms with van der Waals surface area (Å²) in [6, 6.07) is 0. The van der Waals surface area contributed by atoms with E-state index in [0.29, 0.717) is 11.4 Å². The van der Waals surface area contributed by atoms with Gasteiger partial charge in [-0.2, -0.15) is 4.37 Å². The highest BCUT2D eigenvalue weighted by molar-refractivity contribution is 7.91. The van der Waals surface area contributed by atoms with Gasteiger partial charge in [0.05, 0.1) is 5.75 Å². The maximum atomic E-state index is 12.0. The first-order valence-electron chi connectivity index (χ1n) is 5.74. The van der Waals surface area contributed by atoms with Crippen molar-refractivity contribution in [3.8, 4) is 0 Å². The van der Waals surface area contributed by atoms with Crippen LogP contribution in [0.4, 0.5) is 10.8 Å². The van der Waals surface area contributed by atoms with E-state index in [9.17, 15) is 8.42 Å². The van der Waals surface area contributed by atoms with E-state index in [1.807, 2.05) is 6.92 Å². The molecule has 0 aliphatic heterocycles. The van der Waals surface area contributed by atoms with Crippen molar-refractivity contribution in [1.82, 2.24) is 4.37 Å². The summed E-state index contributed by atoms with van der Waals surface area (Å²) in [5, 5.41) is 3.67. The summed E-state index contributed by atoms with van der Waals surface area (Å²) < 4.78 is 28.0. The van der Waals surface area contributed by atoms with Crippen molar-refractivity contribution in [2.75, 3.05) is 23.3 Å². The van der Waals surface area contributed by atoms with Gasteiger partial charge < -0.3 is 11.1 Å². The van der Waals surface area contributed by atoms with Crippen molar-refractivity contribution in [3.05, 3.63) is 0 Å². The van der Waals surface area contributed by atoms with Crippen LogP contribution in [0.3, 0.4) is 0 Å². The van der Waals surface area contributed by atoms with Crippen LogP contribution in [-0.4, -0.2) is 25.1 Å². The van der Waals surface area contributed by atoms with Crippen LogP contribution in [-0.2, 0) is 9.84 Å². The number of sulfone groups is 1.